The van der Waals surface area contributed by atoms with Gasteiger partial charge in [0.2, 0.25) is 0 Å². The first-order valence-electron chi connectivity index (χ1n) is 10.1. The van der Waals surface area contributed by atoms with E-state index in [4.69, 9.17) is 39.5 Å². The van der Waals surface area contributed by atoms with Crippen molar-refractivity contribution in [1.82, 2.24) is 14.7 Å². The summed E-state index contributed by atoms with van der Waals surface area (Å²) in [6.45, 7) is 0.783. The van der Waals surface area contributed by atoms with Crippen molar-refractivity contribution in [1.29, 1.82) is 0 Å². The van der Waals surface area contributed by atoms with Crippen molar-refractivity contribution in [2.75, 3.05) is 19.0 Å². The van der Waals surface area contributed by atoms with Crippen LogP contribution in [0, 0.1) is 0 Å². The molecule has 0 aliphatic rings. The van der Waals surface area contributed by atoms with Gasteiger partial charge in [0.05, 0.1) is 17.3 Å². The largest absolute Gasteiger partial charge is 0.422 e. The van der Waals surface area contributed by atoms with Gasteiger partial charge in [0, 0.05) is 36.9 Å². The van der Waals surface area contributed by atoms with Crippen LogP contribution < -0.4 is 4.74 Å². The minimum atomic E-state index is -3.19. The minimum Gasteiger partial charge on any atom is -0.422 e. The van der Waals surface area contributed by atoms with Crippen molar-refractivity contribution in [2.24, 2.45) is 0 Å². The van der Waals surface area contributed by atoms with E-state index in [1.54, 1.807) is 48.5 Å². The van der Waals surface area contributed by atoms with Crippen molar-refractivity contribution in [2.45, 2.75) is 19.8 Å². The van der Waals surface area contributed by atoms with E-state index in [-0.39, 0.29) is 29.6 Å². The number of benzene rings is 2. The summed E-state index contributed by atoms with van der Waals surface area (Å²) in [6.07, 6.45) is 0. The Balaban J connectivity index is 2.30. The molecule has 2 aromatic carbocycles. The van der Waals surface area contributed by atoms with Gasteiger partial charge < -0.3 is 9.64 Å². The number of nitrogens with zero attached hydrogens (tertiary/aromatic N) is 3. The number of halogens is 5. The zero-order valence-electron chi connectivity index (χ0n) is 18.2. The molecule has 0 fully saturated rings. The van der Waals surface area contributed by atoms with Crippen molar-refractivity contribution < 1.29 is 23.1 Å². The lowest BCUT2D eigenvalue weighted by atomic mass is 10.1. The highest BCUT2D eigenvalue weighted by Gasteiger charge is 2.34. The van der Waals surface area contributed by atoms with Gasteiger partial charge in [-0.15, -0.1) is 11.6 Å². The molecule has 180 valence electrons. The Morgan fingerprint density at radius 1 is 1.12 bits per heavy atom. The molecule has 1 heterocycles. The van der Waals surface area contributed by atoms with Crippen LogP contribution >= 0.6 is 34.8 Å². The Labute approximate surface area is 210 Å². The molecule has 0 N–H and O–H groups in total. The standard InChI is InChI=1S/C23H20Cl3F2N3O3/c1-14(32)34-21-19(22(33)30(12-11-24)13-23(2,27)28)29-31(18-6-4-3-5-17(18)26)20(21)15-7-9-16(25)10-8-15/h3-10H,11-13H2,1-2H3. The van der Waals surface area contributed by atoms with E-state index < -0.39 is 24.3 Å². The Morgan fingerprint density at radius 3 is 2.32 bits per heavy atom. The van der Waals surface area contributed by atoms with E-state index in [0.717, 1.165) is 11.8 Å². The molecule has 0 bridgehead atoms. The quantitative estimate of drug-likeness (QED) is 0.260. The van der Waals surface area contributed by atoms with E-state index in [1.807, 2.05) is 0 Å². The molecule has 0 atom stereocenters. The second-order valence-electron chi connectivity index (χ2n) is 7.48. The third-order valence-electron chi connectivity index (χ3n) is 4.60. The third kappa shape index (κ3) is 6.05. The molecule has 0 aliphatic carbocycles. The van der Waals surface area contributed by atoms with Crippen LogP contribution in [0.5, 0.6) is 5.75 Å². The van der Waals surface area contributed by atoms with Gasteiger partial charge in [-0.05, 0) is 24.3 Å². The van der Waals surface area contributed by atoms with Gasteiger partial charge in [0.15, 0.2) is 11.4 Å². The zero-order valence-corrected chi connectivity index (χ0v) is 20.5. The molecule has 1 aromatic heterocycles. The maximum Gasteiger partial charge on any atom is 0.308 e. The normalized spacial score (nSPS) is 11.4. The van der Waals surface area contributed by atoms with E-state index >= 15 is 0 Å². The molecule has 6 nitrogen and oxygen atoms in total. The average Bonchev–Trinajstić information content (AvgIpc) is 3.11. The lowest BCUT2D eigenvalue weighted by molar-refractivity contribution is -0.131. The van der Waals surface area contributed by atoms with Crippen LogP contribution in [0.15, 0.2) is 48.5 Å². The summed E-state index contributed by atoms with van der Waals surface area (Å²) in [7, 11) is 0. The molecule has 34 heavy (non-hydrogen) atoms. The first-order valence-corrected chi connectivity index (χ1v) is 11.4. The van der Waals surface area contributed by atoms with Crippen LogP contribution in [0.2, 0.25) is 10.0 Å². The number of aromatic nitrogens is 2. The molecular formula is C23H20Cl3F2N3O3. The molecule has 11 heteroatoms. The topological polar surface area (TPSA) is 64.4 Å². The molecule has 0 spiro atoms. The molecule has 0 saturated carbocycles. The molecule has 3 rings (SSSR count). The number of esters is 1. The SMILES string of the molecule is CC(=O)Oc1c(C(=O)N(CCCl)CC(C)(F)F)nn(-c2ccccc2Cl)c1-c1ccc(Cl)cc1. The number of carbonyl (C=O) groups excluding carboxylic acids is 2. The molecular weight excluding hydrogens is 511 g/mol. The highest BCUT2D eigenvalue weighted by atomic mass is 35.5. The summed E-state index contributed by atoms with van der Waals surface area (Å²) in [5, 5.41) is 5.12. The molecule has 1 amide bonds. The van der Waals surface area contributed by atoms with Crippen molar-refractivity contribution in [3.8, 4) is 22.7 Å². The van der Waals surface area contributed by atoms with Crippen molar-refractivity contribution >= 4 is 46.7 Å². The van der Waals surface area contributed by atoms with Gasteiger partial charge in [0.25, 0.3) is 11.8 Å². The average molecular weight is 531 g/mol. The Bertz CT molecular complexity index is 1190. The summed E-state index contributed by atoms with van der Waals surface area (Å²) >= 11 is 18.2. The van der Waals surface area contributed by atoms with E-state index in [0.29, 0.717) is 28.2 Å². The van der Waals surface area contributed by atoms with Gasteiger partial charge in [-0.25, -0.2) is 13.5 Å². The summed E-state index contributed by atoms with van der Waals surface area (Å²) in [6, 6.07) is 13.2. The van der Waals surface area contributed by atoms with E-state index in [2.05, 4.69) is 5.10 Å². The highest BCUT2D eigenvalue weighted by Crippen LogP contribution is 2.38. The van der Waals surface area contributed by atoms with Gasteiger partial charge in [-0.1, -0.05) is 47.5 Å². The Kier molecular flexibility index (Phi) is 8.17. The second kappa shape index (κ2) is 10.7. The third-order valence-corrected chi connectivity index (χ3v) is 5.34. The Morgan fingerprint density at radius 2 is 1.76 bits per heavy atom. The molecule has 0 unspecified atom stereocenters. The van der Waals surface area contributed by atoms with Crippen LogP contribution in [-0.2, 0) is 4.79 Å². The smallest absolute Gasteiger partial charge is 0.308 e. The molecule has 3 aromatic rings. The fourth-order valence-electron chi connectivity index (χ4n) is 3.28. The second-order valence-corrected chi connectivity index (χ2v) is 8.70. The van der Waals surface area contributed by atoms with Gasteiger partial charge in [-0.3, -0.25) is 9.59 Å². The number of amides is 1. The number of carbonyl (C=O) groups is 2. The van der Waals surface area contributed by atoms with E-state index in [9.17, 15) is 18.4 Å². The number of ether oxygens (including phenoxy) is 1. The van der Waals surface area contributed by atoms with Crippen LogP contribution in [0.25, 0.3) is 16.9 Å². The summed E-state index contributed by atoms with van der Waals surface area (Å²) in [5.41, 5.74) is 0.759. The predicted molar refractivity (Wildman–Crippen MR) is 128 cm³/mol. The molecule has 0 aliphatic heterocycles. The number of alkyl halides is 3. The lowest BCUT2D eigenvalue weighted by Crippen LogP contribution is -2.41. The fourth-order valence-corrected chi connectivity index (χ4v) is 3.83. The van der Waals surface area contributed by atoms with Gasteiger partial charge in [-0.2, -0.15) is 5.10 Å². The molecule has 0 saturated heterocycles. The number of para-hydroxylation sites is 1. The number of rotatable bonds is 8. The number of hydrogen-bond acceptors (Lipinski definition) is 4. The van der Waals surface area contributed by atoms with Crippen LogP contribution in [0.1, 0.15) is 24.3 Å². The zero-order chi connectivity index (χ0) is 25.0. The lowest BCUT2D eigenvalue weighted by Gasteiger charge is -2.24. The first-order chi connectivity index (χ1) is 16.0. The van der Waals surface area contributed by atoms with Crippen LogP contribution in [-0.4, -0.2) is 51.4 Å². The van der Waals surface area contributed by atoms with Crippen molar-refractivity contribution in [3.63, 3.8) is 0 Å². The summed E-state index contributed by atoms with van der Waals surface area (Å²) < 4.78 is 34.4. The van der Waals surface area contributed by atoms with Crippen LogP contribution in [0.3, 0.4) is 0 Å². The fraction of sp³-hybridized carbons (Fsp3) is 0.261. The summed E-state index contributed by atoms with van der Waals surface area (Å²) in [4.78, 5) is 26.3. The molecule has 0 radical (unpaired) electrons. The Hall–Kier alpha value is -2.68. The minimum absolute atomic E-state index is 0.0834. The first kappa shape index (κ1) is 25.9. The summed E-state index contributed by atoms with van der Waals surface area (Å²) in [5.74, 6) is -5.07. The predicted octanol–water partition coefficient (Wildman–Crippen LogP) is 6.11. The number of hydrogen-bond donors (Lipinski definition) is 0. The van der Waals surface area contributed by atoms with Crippen molar-refractivity contribution in [3.05, 3.63) is 64.3 Å². The van der Waals surface area contributed by atoms with E-state index in [1.165, 1.54) is 4.68 Å². The van der Waals surface area contributed by atoms with Crippen LogP contribution in [0.4, 0.5) is 8.78 Å². The maximum atomic E-state index is 13.8. The monoisotopic (exact) mass is 529 g/mol. The van der Waals surface area contributed by atoms with Gasteiger partial charge >= 0.3 is 5.97 Å². The maximum absolute atomic E-state index is 13.8. The van der Waals surface area contributed by atoms with Gasteiger partial charge in [0.1, 0.15) is 5.69 Å². The highest BCUT2D eigenvalue weighted by molar-refractivity contribution is 6.32.